The molecule has 0 bridgehead atoms. The van der Waals surface area contributed by atoms with Gasteiger partial charge in [0.15, 0.2) is 6.29 Å². The Morgan fingerprint density at radius 3 is 3.00 bits per heavy atom. The Morgan fingerprint density at radius 2 is 2.45 bits per heavy atom. The van der Waals surface area contributed by atoms with E-state index in [9.17, 15) is 4.79 Å². The third-order valence-corrected chi connectivity index (χ3v) is 2.23. The second kappa shape index (κ2) is 2.49. The summed E-state index contributed by atoms with van der Waals surface area (Å²) < 4.78 is 4.98. The third-order valence-electron chi connectivity index (χ3n) is 2.23. The molecular weight excluding hydrogens is 142 g/mol. The van der Waals surface area contributed by atoms with E-state index in [2.05, 4.69) is 5.16 Å². The second-order valence-corrected chi connectivity index (χ2v) is 2.89. The first-order valence-corrected chi connectivity index (χ1v) is 3.81. The zero-order valence-electron chi connectivity index (χ0n) is 6.12. The van der Waals surface area contributed by atoms with E-state index in [0.29, 0.717) is 11.5 Å². The van der Waals surface area contributed by atoms with E-state index < -0.39 is 0 Å². The van der Waals surface area contributed by atoms with Crippen molar-refractivity contribution in [3.05, 3.63) is 17.5 Å². The number of hydrogen-bond acceptors (Lipinski definition) is 3. The van der Waals surface area contributed by atoms with Crippen molar-refractivity contribution in [1.29, 1.82) is 0 Å². The standard InChI is InChI=1S/C8H9NO2/c10-5-7-4-9-11-8(7)6-2-1-3-6/h4-6H,1-3H2. The Bertz CT molecular complexity index is 263. The summed E-state index contributed by atoms with van der Waals surface area (Å²) in [5, 5.41) is 3.59. The van der Waals surface area contributed by atoms with Gasteiger partial charge in [0, 0.05) is 5.92 Å². The second-order valence-electron chi connectivity index (χ2n) is 2.89. The van der Waals surface area contributed by atoms with Crippen LogP contribution in [0.5, 0.6) is 0 Å². The first-order chi connectivity index (χ1) is 5.42. The van der Waals surface area contributed by atoms with E-state index in [1.54, 1.807) is 0 Å². The highest BCUT2D eigenvalue weighted by molar-refractivity contribution is 5.75. The Kier molecular flexibility index (Phi) is 1.49. The molecule has 0 aromatic carbocycles. The summed E-state index contributed by atoms with van der Waals surface area (Å²) in [6.07, 6.45) is 5.81. The van der Waals surface area contributed by atoms with Gasteiger partial charge in [0.05, 0.1) is 11.8 Å². The van der Waals surface area contributed by atoms with Crippen LogP contribution >= 0.6 is 0 Å². The van der Waals surface area contributed by atoms with Crippen molar-refractivity contribution in [3.8, 4) is 0 Å². The largest absolute Gasteiger partial charge is 0.360 e. The number of carbonyl (C=O) groups is 1. The van der Waals surface area contributed by atoms with Gasteiger partial charge in [-0.15, -0.1) is 0 Å². The lowest BCUT2D eigenvalue weighted by Crippen LogP contribution is -2.09. The van der Waals surface area contributed by atoms with Gasteiger partial charge in [-0.05, 0) is 12.8 Å². The minimum Gasteiger partial charge on any atom is -0.360 e. The quantitative estimate of drug-likeness (QED) is 0.605. The number of aromatic nitrogens is 1. The number of rotatable bonds is 2. The van der Waals surface area contributed by atoms with E-state index >= 15 is 0 Å². The van der Waals surface area contributed by atoms with E-state index in [1.807, 2.05) is 0 Å². The summed E-state index contributed by atoms with van der Waals surface area (Å²) >= 11 is 0. The normalized spacial score (nSPS) is 17.8. The van der Waals surface area contributed by atoms with Crippen LogP contribution in [0.3, 0.4) is 0 Å². The maximum atomic E-state index is 10.4. The number of carbonyl (C=O) groups excluding carboxylic acids is 1. The van der Waals surface area contributed by atoms with E-state index in [-0.39, 0.29) is 0 Å². The van der Waals surface area contributed by atoms with E-state index in [0.717, 1.165) is 24.9 Å². The van der Waals surface area contributed by atoms with Crippen molar-refractivity contribution < 1.29 is 9.32 Å². The van der Waals surface area contributed by atoms with Crippen molar-refractivity contribution in [2.45, 2.75) is 25.2 Å². The average molecular weight is 151 g/mol. The van der Waals surface area contributed by atoms with Gasteiger partial charge in [-0.3, -0.25) is 4.79 Å². The number of nitrogens with zero attached hydrogens (tertiary/aromatic N) is 1. The van der Waals surface area contributed by atoms with E-state index in [4.69, 9.17) is 4.52 Å². The van der Waals surface area contributed by atoms with Crippen molar-refractivity contribution in [2.24, 2.45) is 0 Å². The van der Waals surface area contributed by atoms with Crippen LogP contribution in [0.15, 0.2) is 10.7 Å². The van der Waals surface area contributed by atoms with Crippen LogP contribution in [0, 0.1) is 0 Å². The van der Waals surface area contributed by atoms with Crippen molar-refractivity contribution >= 4 is 6.29 Å². The molecule has 0 N–H and O–H groups in total. The smallest absolute Gasteiger partial charge is 0.155 e. The van der Waals surface area contributed by atoms with Crippen LogP contribution in [-0.2, 0) is 0 Å². The van der Waals surface area contributed by atoms with Gasteiger partial charge in [-0.2, -0.15) is 0 Å². The highest BCUT2D eigenvalue weighted by Gasteiger charge is 2.25. The van der Waals surface area contributed by atoms with Crippen LogP contribution in [0.4, 0.5) is 0 Å². The summed E-state index contributed by atoms with van der Waals surface area (Å²) in [5.74, 6) is 1.24. The molecule has 0 spiro atoms. The lowest BCUT2D eigenvalue weighted by atomic mass is 9.82. The Morgan fingerprint density at radius 1 is 1.64 bits per heavy atom. The molecule has 58 valence electrons. The molecule has 1 aliphatic rings. The first kappa shape index (κ1) is 6.58. The predicted molar refractivity (Wildman–Crippen MR) is 38.5 cm³/mol. The fraction of sp³-hybridized carbons (Fsp3) is 0.500. The third kappa shape index (κ3) is 0.964. The fourth-order valence-electron chi connectivity index (χ4n) is 1.33. The van der Waals surface area contributed by atoms with Gasteiger partial charge in [-0.25, -0.2) is 0 Å². The van der Waals surface area contributed by atoms with Crippen LogP contribution < -0.4 is 0 Å². The summed E-state index contributed by atoms with van der Waals surface area (Å²) in [4.78, 5) is 10.4. The SMILES string of the molecule is O=Cc1cnoc1C1CCC1. The topological polar surface area (TPSA) is 43.1 Å². The van der Waals surface area contributed by atoms with Gasteiger partial charge >= 0.3 is 0 Å². The maximum absolute atomic E-state index is 10.4. The monoisotopic (exact) mass is 151 g/mol. The molecule has 3 nitrogen and oxygen atoms in total. The molecule has 1 fully saturated rings. The zero-order valence-corrected chi connectivity index (χ0v) is 6.12. The van der Waals surface area contributed by atoms with E-state index in [1.165, 1.54) is 12.6 Å². The lowest BCUT2D eigenvalue weighted by molar-refractivity contribution is 0.111. The van der Waals surface area contributed by atoms with Gasteiger partial charge in [0.25, 0.3) is 0 Å². The molecule has 0 amide bonds. The minimum absolute atomic E-state index is 0.456. The molecule has 0 unspecified atom stereocenters. The average Bonchev–Trinajstić information content (AvgIpc) is 2.32. The predicted octanol–water partition coefficient (Wildman–Crippen LogP) is 1.75. The molecule has 0 aliphatic heterocycles. The summed E-state index contributed by atoms with van der Waals surface area (Å²) in [6, 6.07) is 0. The molecule has 2 rings (SSSR count). The van der Waals surface area contributed by atoms with Crippen LogP contribution in [0.2, 0.25) is 0 Å². The molecule has 0 atom stereocenters. The lowest BCUT2D eigenvalue weighted by Gasteiger charge is -2.22. The molecule has 1 saturated carbocycles. The Labute approximate surface area is 64.4 Å². The van der Waals surface area contributed by atoms with Gasteiger partial charge in [-0.1, -0.05) is 11.6 Å². The van der Waals surface area contributed by atoms with Gasteiger partial charge in [0.1, 0.15) is 5.76 Å². The molecule has 1 aliphatic carbocycles. The summed E-state index contributed by atoms with van der Waals surface area (Å²) in [5.41, 5.74) is 0.620. The minimum atomic E-state index is 0.456. The molecule has 0 saturated heterocycles. The van der Waals surface area contributed by atoms with Crippen LogP contribution in [0.25, 0.3) is 0 Å². The highest BCUT2D eigenvalue weighted by atomic mass is 16.5. The number of hydrogen-bond donors (Lipinski definition) is 0. The molecule has 1 aromatic rings. The van der Waals surface area contributed by atoms with Crippen molar-refractivity contribution in [2.75, 3.05) is 0 Å². The van der Waals surface area contributed by atoms with Gasteiger partial charge in [0.2, 0.25) is 0 Å². The van der Waals surface area contributed by atoms with Crippen molar-refractivity contribution in [1.82, 2.24) is 5.16 Å². The molecular formula is C8H9NO2. The first-order valence-electron chi connectivity index (χ1n) is 3.81. The molecule has 1 heterocycles. The summed E-state index contributed by atoms with van der Waals surface area (Å²) in [6.45, 7) is 0. The van der Waals surface area contributed by atoms with Crippen LogP contribution in [0.1, 0.15) is 41.3 Å². The maximum Gasteiger partial charge on any atom is 0.155 e. The van der Waals surface area contributed by atoms with Crippen molar-refractivity contribution in [3.63, 3.8) is 0 Å². The Hall–Kier alpha value is -1.12. The molecule has 3 heteroatoms. The summed E-state index contributed by atoms with van der Waals surface area (Å²) in [7, 11) is 0. The highest BCUT2D eigenvalue weighted by Crippen LogP contribution is 2.37. The molecule has 0 radical (unpaired) electrons. The molecule has 1 aromatic heterocycles. The molecule has 11 heavy (non-hydrogen) atoms. The van der Waals surface area contributed by atoms with Gasteiger partial charge < -0.3 is 4.52 Å². The zero-order chi connectivity index (χ0) is 7.68. The fourth-order valence-corrected chi connectivity index (χ4v) is 1.33. The Balaban J connectivity index is 2.27. The van der Waals surface area contributed by atoms with Crippen LogP contribution in [-0.4, -0.2) is 11.4 Å². The number of aldehydes is 1.